The summed E-state index contributed by atoms with van der Waals surface area (Å²) >= 11 is 0. The van der Waals surface area contributed by atoms with Crippen molar-refractivity contribution in [3.05, 3.63) is 60.3 Å². The minimum absolute atomic E-state index is 0.0636. The summed E-state index contributed by atoms with van der Waals surface area (Å²) in [5.74, 6) is 0.412. The molecule has 126 valence electrons. The van der Waals surface area contributed by atoms with E-state index >= 15 is 0 Å². The molecule has 0 aliphatic heterocycles. The number of methoxy groups -OCH3 is 1. The van der Waals surface area contributed by atoms with Crippen LogP contribution in [0.15, 0.2) is 65.2 Å². The van der Waals surface area contributed by atoms with Gasteiger partial charge >= 0.3 is 0 Å². The zero-order valence-electron chi connectivity index (χ0n) is 13.2. The molecule has 0 atom stereocenters. The van der Waals surface area contributed by atoms with Crippen molar-refractivity contribution in [1.29, 1.82) is 10.5 Å². The molecule has 0 aliphatic carbocycles. The molecule has 0 aliphatic rings. The number of nitriles is 2. The zero-order valence-corrected chi connectivity index (χ0v) is 14.0. The Bertz CT molecular complexity index is 952. The van der Waals surface area contributed by atoms with Crippen molar-refractivity contribution < 1.29 is 13.2 Å². The van der Waals surface area contributed by atoms with Crippen LogP contribution in [0.3, 0.4) is 0 Å². The van der Waals surface area contributed by atoms with Gasteiger partial charge in [0.05, 0.1) is 17.7 Å². The van der Waals surface area contributed by atoms with Crippen LogP contribution in [0.5, 0.6) is 5.75 Å². The molecule has 0 saturated heterocycles. The van der Waals surface area contributed by atoms with E-state index in [1.165, 1.54) is 37.6 Å². The predicted molar refractivity (Wildman–Crippen MR) is 93.2 cm³/mol. The first-order valence-electron chi connectivity index (χ1n) is 7.03. The minimum atomic E-state index is -3.78. The molecule has 25 heavy (non-hydrogen) atoms. The fourth-order valence-corrected chi connectivity index (χ4v) is 2.98. The van der Waals surface area contributed by atoms with Crippen molar-refractivity contribution in [1.82, 2.24) is 0 Å². The van der Waals surface area contributed by atoms with Crippen LogP contribution in [-0.4, -0.2) is 15.5 Å². The Morgan fingerprint density at radius 1 is 1.08 bits per heavy atom. The lowest BCUT2D eigenvalue weighted by Crippen LogP contribution is -2.13. The molecule has 0 spiro atoms. The lowest BCUT2D eigenvalue weighted by molar-refractivity contribution is 0.417. The number of anilines is 2. The lowest BCUT2D eigenvalue weighted by Gasteiger charge is -2.12. The van der Waals surface area contributed by atoms with Crippen molar-refractivity contribution in [2.75, 3.05) is 17.1 Å². The smallest absolute Gasteiger partial charge is 0.262 e. The van der Waals surface area contributed by atoms with Gasteiger partial charge in [0, 0.05) is 11.9 Å². The van der Waals surface area contributed by atoms with Gasteiger partial charge in [-0.15, -0.1) is 0 Å². The number of nitrogens with one attached hydrogen (secondary N) is 2. The van der Waals surface area contributed by atoms with Crippen LogP contribution in [0.1, 0.15) is 0 Å². The van der Waals surface area contributed by atoms with Gasteiger partial charge in [0.1, 0.15) is 23.5 Å². The van der Waals surface area contributed by atoms with E-state index in [0.29, 0.717) is 17.1 Å². The van der Waals surface area contributed by atoms with Gasteiger partial charge in [-0.05, 0) is 36.4 Å². The number of allylic oxidation sites excluding steroid dienone is 1. The molecule has 0 bridgehead atoms. The summed E-state index contributed by atoms with van der Waals surface area (Å²) in [6.07, 6.45) is 1.25. The highest BCUT2D eigenvalue weighted by atomic mass is 32.2. The van der Waals surface area contributed by atoms with Crippen LogP contribution < -0.4 is 14.8 Å². The molecule has 2 rings (SSSR count). The average Bonchev–Trinajstić information content (AvgIpc) is 2.63. The number of rotatable bonds is 6. The van der Waals surface area contributed by atoms with Crippen LogP contribution in [0.25, 0.3) is 0 Å². The SMILES string of the molecule is COc1ccccc1NS(=O)(=O)c1ccc(NC=C(C#N)C#N)cc1. The second kappa shape index (κ2) is 7.86. The molecule has 2 N–H and O–H groups in total. The highest BCUT2D eigenvalue weighted by molar-refractivity contribution is 7.92. The van der Waals surface area contributed by atoms with Gasteiger partial charge in [0.2, 0.25) is 0 Å². The molecule has 0 saturated carbocycles. The van der Waals surface area contributed by atoms with Crippen LogP contribution in [-0.2, 0) is 10.0 Å². The quantitative estimate of drug-likeness (QED) is 0.771. The van der Waals surface area contributed by atoms with Gasteiger partial charge in [0.15, 0.2) is 0 Å². The first kappa shape index (κ1) is 17.9. The molecule has 7 nitrogen and oxygen atoms in total. The molecule has 0 radical (unpaired) electrons. The number of benzene rings is 2. The largest absolute Gasteiger partial charge is 0.495 e. The molecule has 0 amide bonds. The van der Waals surface area contributed by atoms with Gasteiger partial charge in [-0.25, -0.2) is 8.42 Å². The molecular formula is C17H14N4O3S. The van der Waals surface area contributed by atoms with Gasteiger partial charge < -0.3 is 10.1 Å². The maximum atomic E-state index is 12.5. The van der Waals surface area contributed by atoms with Crippen molar-refractivity contribution in [2.45, 2.75) is 4.90 Å². The maximum Gasteiger partial charge on any atom is 0.262 e. The molecule has 0 unspecified atom stereocenters. The predicted octanol–water partition coefficient (Wildman–Crippen LogP) is 2.84. The third-order valence-electron chi connectivity index (χ3n) is 3.14. The van der Waals surface area contributed by atoms with E-state index in [-0.39, 0.29) is 10.5 Å². The molecular weight excluding hydrogens is 340 g/mol. The second-order valence-corrected chi connectivity index (χ2v) is 6.44. The monoisotopic (exact) mass is 354 g/mol. The minimum Gasteiger partial charge on any atom is -0.495 e. The highest BCUT2D eigenvalue weighted by Gasteiger charge is 2.16. The van der Waals surface area contributed by atoms with Crippen LogP contribution in [0.2, 0.25) is 0 Å². The normalized spacial score (nSPS) is 10.0. The molecule has 2 aromatic rings. The Balaban J connectivity index is 2.20. The Hall–Kier alpha value is -3.49. The zero-order chi connectivity index (χ0) is 18.3. The third-order valence-corrected chi connectivity index (χ3v) is 4.52. The molecule has 0 fully saturated rings. The summed E-state index contributed by atoms with van der Waals surface area (Å²) in [4.78, 5) is 0.0636. The first-order valence-corrected chi connectivity index (χ1v) is 8.51. The Labute approximate surface area is 145 Å². The molecule has 0 heterocycles. The van der Waals surface area contributed by atoms with Gasteiger partial charge in [-0.3, -0.25) is 4.72 Å². The van der Waals surface area contributed by atoms with E-state index in [1.54, 1.807) is 36.4 Å². The third kappa shape index (κ3) is 4.50. The van der Waals surface area contributed by atoms with E-state index in [9.17, 15) is 8.42 Å². The Morgan fingerprint density at radius 2 is 1.72 bits per heavy atom. The van der Waals surface area contributed by atoms with E-state index in [2.05, 4.69) is 10.0 Å². The number of sulfonamides is 1. The number of hydrogen-bond acceptors (Lipinski definition) is 6. The molecule has 2 aromatic carbocycles. The highest BCUT2D eigenvalue weighted by Crippen LogP contribution is 2.26. The molecule has 0 aromatic heterocycles. The van der Waals surface area contributed by atoms with E-state index in [4.69, 9.17) is 15.3 Å². The van der Waals surface area contributed by atoms with Gasteiger partial charge in [-0.2, -0.15) is 10.5 Å². The van der Waals surface area contributed by atoms with Gasteiger partial charge in [0.25, 0.3) is 10.0 Å². The number of ether oxygens (including phenoxy) is 1. The number of nitrogens with zero attached hydrogens (tertiary/aromatic N) is 2. The van der Waals surface area contributed by atoms with Gasteiger partial charge in [-0.1, -0.05) is 12.1 Å². The first-order chi connectivity index (χ1) is 12.0. The summed E-state index contributed by atoms with van der Waals surface area (Å²) in [5.41, 5.74) is 0.789. The topological polar surface area (TPSA) is 115 Å². The van der Waals surface area contributed by atoms with Crippen molar-refractivity contribution >= 4 is 21.4 Å². The van der Waals surface area contributed by atoms with E-state index in [1.807, 2.05) is 0 Å². The van der Waals surface area contributed by atoms with Crippen molar-refractivity contribution in [3.8, 4) is 17.9 Å². The lowest BCUT2D eigenvalue weighted by atomic mass is 10.3. The van der Waals surface area contributed by atoms with Crippen molar-refractivity contribution in [3.63, 3.8) is 0 Å². The summed E-state index contributed by atoms with van der Waals surface area (Å²) in [7, 11) is -2.32. The summed E-state index contributed by atoms with van der Waals surface area (Å²) in [6.45, 7) is 0. The van der Waals surface area contributed by atoms with Crippen LogP contribution in [0, 0.1) is 22.7 Å². The van der Waals surface area contributed by atoms with Crippen LogP contribution in [0.4, 0.5) is 11.4 Å². The Kier molecular flexibility index (Phi) is 5.62. The summed E-state index contributed by atoms with van der Waals surface area (Å²) in [5, 5.41) is 20.1. The summed E-state index contributed by atoms with van der Waals surface area (Å²) in [6, 6.07) is 16.0. The number of hydrogen-bond donors (Lipinski definition) is 2. The summed E-state index contributed by atoms with van der Waals surface area (Å²) < 4.78 is 32.5. The van der Waals surface area contributed by atoms with Crippen molar-refractivity contribution in [2.24, 2.45) is 0 Å². The maximum absolute atomic E-state index is 12.5. The van der Waals surface area contributed by atoms with Crippen LogP contribution >= 0.6 is 0 Å². The average molecular weight is 354 g/mol. The Morgan fingerprint density at radius 3 is 2.32 bits per heavy atom. The fraction of sp³-hybridized carbons (Fsp3) is 0.0588. The number of para-hydroxylation sites is 2. The van der Waals surface area contributed by atoms with E-state index in [0.717, 1.165) is 0 Å². The fourth-order valence-electron chi connectivity index (χ4n) is 1.91. The van der Waals surface area contributed by atoms with E-state index < -0.39 is 10.0 Å². The second-order valence-electron chi connectivity index (χ2n) is 4.76. The molecule has 8 heteroatoms. The standard InChI is InChI=1S/C17H14N4O3S/c1-24-17-5-3-2-4-16(17)21-25(22,23)15-8-6-14(7-9-15)20-12-13(10-18)11-19/h2-9,12,20-21H,1H3.